The lowest BCUT2D eigenvalue weighted by Gasteiger charge is -2.13. The van der Waals surface area contributed by atoms with Crippen LogP contribution in [0.4, 0.5) is 0 Å². The lowest BCUT2D eigenvalue weighted by atomic mass is 9.94. The summed E-state index contributed by atoms with van der Waals surface area (Å²) in [5, 5.41) is 8.95. The SMILES string of the molecule is Cc1ccc(S(=O)(=O)NCC[C@@H](C#N)C(C)C)cc1. The lowest BCUT2D eigenvalue weighted by molar-refractivity contribution is 0.444. The van der Waals surface area contributed by atoms with Gasteiger partial charge in [-0.25, -0.2) is 13.1 Å². The van der Waals surface area contributed by atoms with Gasteiger partial charge >= 0.3 is 0 Å². The Balaban J connectivity index is 2.62. The highest BCUT2D eigenvalue weighted by molar-refractivity contribution is 7.89. The minimum atomic E-state index is -3.47. The summed E-state index contributed by atoms with van der Waals surface area (Å²) in [5.74, 6) is 0.106. The van der Waals surface area contributed by atoms with Gasteiger partial charge in [-0.05, 0) is 31.4 Å². The number of nitrogens with one attached hydrogen (secondary N) is 1. The summed E-state index contributed by atoms with van der Waals surface area (Å²) in [4.78, 5) is 0.260. The smallest absolute Gasteiger partial charge is 0.211 e. The van der Waals surface area contributed by atoms with Crippen molar-refractivity contribution < 1.29 is 8.42 Å². The lowest BCUT2D eigenvalue weighted by Crippen LogP contribution is -2.26. The molecule has 104 valence electrons. The highest BCUT2D eigenvalue weighted by Crippen LogP contribution is 2.14. The number of hydrogen-bond acceptors (Lipinski definition) is 3. The summed E-state index contributed by atoms with van der Waals surface area (Å²) >= 11 is 0. The molecule has 0 aliphatic rings. The highest BCUT2D eigenvalue weighted by Gasteiger charge is 2.16. The first kappa shape index (κ1) is 15.7. The largest absolute Gasteiger partial charge is 0.240 e. The molecular formula is C14H20N2O2S. The van der Waals surface area contributed by atoms with Crippen LogP contribution < -0.4 is 4.72 Å². The first-order valence-electron chi connectivity index (χ1n) is 6.33. The van der Waals surface area contributed by atoms with Crippen molar-refractivity contribution in [3.05, 3.63) is 29.8 Å². The minimum Gasteiger partial charge on any atom is -0.211 e. The molecule has 0 spiro atoms. The quantitative estimate of drug-likeness (QED) is 0.870. The van der Waals surface area contributed by atoms with Crippen LogP contribution >= 0.6 is 0 Å². The molecule has 0 heterocycles. The Kier molecular flexibility index (Phi) is 5.52. The fraction of sp³-hybridized carbons (Fsp3) is 0.500. The second-order valence-corrected chi connectivity index (χ2v) is 6.75. The third-order valence-electron chi connectivity index (χ3n) is 3.05. The number of rotatable bonds is 6. The summed E-state index contributed by atoms with van der Waals surface area (Å²) in [6.07, 6.45) is 0.527. The standard InChI is InChI=1S/C14H20N2O2S/c1-11(2)13(10-15)8-9-16-19(17,18)14-6-4-12(3)5-7-14/h4-7,11,13,16H,8-9H2,1-3H3/t13-/m0/s1. The average Bonchev–Trinajstić information content (AvgIpc) is 2.34. The van der Waals surface area contributed by atoms with Gasteiger partial charge in [0.15, 0.2) is 0 Å². The van der Waals surface area contributed by atoms with Crippen LogP contribution in [0.3, 0.4) is 0 Å². The number of sulfonamides is 1. The van der Waals surface area contributed by atoms with Crippen molar-refractivity contribution in [3.8, 4) is 6.07 Å². The van der Waals surface area contributed by atoms with Gasteiger partial charge < -0.3 is 0 Å². The van der Waals surface area contributed by atoms with E-state index < -0.39 is 10.0 Å². The van der Waals surface area contributed by atoms with Gasteiger partial charge in [0.05, 0.1) is 11.0 Å². The van der Waals surface area contributed by atoms with Crippen LogP contribution in [0.25, 0.3) is 0 Å². The van der Waals surface area contributed by atoms with E-state index in [1.54, 1.807) is 24.3 Å². The third kappa shape index (κ3) is 4.66. The molecule has 0 aromatic heterocycles. The first-order valence-corrected chi connectivity index (χ1v) is 7.81. The van der Waals surface area contributed by atoms with Crippen LogP contribution in [0.1, 0.15) is 25.8 Å². The Labute approximate surface area is 115 Å². The molecule has 1 N–H and O–H groups in total. The Morgan fingerprint density at radius 2 is 1.84 bits per heavy atom. The van der Waals surface area contributed by atoms with Crippen molar-refractivity contribution in [2.75, 3.05) is 6.54 Å². The van der Waals surface area contributed by atoms with Crippen molar-refractivity contribution in [3.63, 3.8) is 0 Å². The monoisotopic (exact) mass is 280 g/mol. The van der Waals surface area contributed by atoms with Crippen molar-refractivity contribution in [2.24, 2.45) is 11.8 Å². The van der Waals surface area contributed by atoms with Crippen LogP contribution in [0.5, 0.6) is 0 Å². The van der Waals surface area contributed by atoms with Crippen molar-refractivity contribution in [1.82, 2.24) is 4.72 Å². The van der Waals surface area contributed by atoms with Gasteiger partial charge in [-0.1, -0.05) is 31.5 Å². The fourth-order valence-electron chi connectivity index (χ4n) is 1.70. The van der Waals surface area contributed by atoms with E-state index in [1.165, 1.54) is 0 Å². The summed E-state index contributed by atoms with van der Waals surface area (Å²) in [6.45, 7) is 6.11. The topological polar surface area (TPSA) is 70.0 Å². The molecule has 1 aromatic carbocycles. The molecule has 1 atom stereocenters. The Hall–Kier alpha value is -1.38. The van der Waals surface area contributed by atoms with Crippen LogP contribution in [-0.4, -0.2) is 15.0 Å². The van der Waals surface area contributed by atoms with E-state index in [0.717, 1.165) is 5.56 Å². The Morgan fingerprint density at radius 3 is 2.32 bits per heavy atom. The molecule has 0 radical (unpaired) electrons. The molecule has 0 aliphatic carbocycles. The average molecular weight is 280 g/mol. The molecule has 0 unspecified atom stereocenters. The van der Waals surface area contributed by atoms with Crippen LogP contribution in [0.15, 0.2) is 29.2 Å². The van der Waals surface area contributed by atoms with E-state index in [2.05, 4.69) is 10.8 Å². The van der Waals surface area contributed by atoms with Gasteiger partial charge in [-0.15, -0.1) is 0 Å². The van der Waals surface area contributed by atoms with E-state index in [1.807, 2.05) is 20.8 Å². The van der Waals surface area contributed by atoms with E-state index in [9.17, 15) is 8.42 Å². The van der Waals surface area contributed by atoms with Crippen LogP contribution in [0, 0.1) is 30.1 Å². The van der Waals surface area contributed by atoms with Crippen LogP contribution in [0.2, 0.25) is 0 Å². The maximum atomic E-state index is 12.0. The van der Waals surface area contributed by atoms with E-state index >= 15 is 0 Å². The number of hydrogen-bond donors (Lipinski definition) is 1. The number of nitrogens with zero attached hydrogens (tertiary/aromatic N) is 1. The second-order valence-electron chi connectivity index (χ2n) is 4.98. The molecule has 0 bridgehead atoms. The Morgan fingerprint density at radius 1 is 1.26 bits per heavy atom. The van der Waals surface area contributed by atoms with Gasteiger partial charge in [0.1, 0.15) is 0 Å². The zero-order chi connectivity index (χ0) is 14.5. The summed E-state index contributed by atoms with van der Waals surface area (Å²) < 4.78 is 26.5. The molecule has 0 aliphatic heterocycles. The summed E-state index contributed by atoms with van der Waals surface area (Å²) in [5.41, 5.74) is 1.02. The minimum absolute atomic E-state index is 0.124. The van der Waals surface area contributed by atoms with E-state index in [-0.39, 0.29) is 23.3 Å². The zero-order valence-electron chi connectivity index (χ0n) is 11.6. The second kappa shape index (κ2) is 6.69. The van der Waals surface area contributed by atoms with Gasteiger partial charge in [0.2, 0.25) is 10.0 Å². The van der Waals surface area contributed by atoms with Gasteiger partial charge in [0, 0.05) is 12.5 Å². The van der Waals surface area contributed by atoms with Crippen molar-refractivity contribution >= 4 is 10.0 Å². The predicted molar refractivity (Wildman–Crippen MR) is 74.9 cm³/mol. The molecule has 0 saturated carbocycles. The fourth-order valence-corrected chi connectivity index (χ4v) is 2.74. The van der Waals surface area contributed by atoms with Crippen LogP contribution in [-0.2, 0) is 10.0 Å². The van der Waals surface area contributed by atoms with Gasteiger partial charge in [-0.3, -0.25) is 0 Å². The predicted octanol–water partition coefficient (Wildman–Crippen LogP) is 2.46. The third-order valence-corrected chi connectivity index (χ3v) is 4.53. The van der Waals surface area contributed by atoms with Crippen molar-refractivity contribution in [2.45, 2.75) is 32.1 Å². The number of benzene rings is 1. The first-order chi connectivity index (χ1) is 8.86. The summed E-state index contributed by atoms with van der Waals surface area (Å²) in [7, 11) is -3.47. The number of aryl methyl sites for hydroxylation is 1. The summed E-state index contributed by atoms with van der Waals surface area (Å²) in [6, 6.07) is 8.90. The molecule has 19 heavy (non-hydrogen) atoms. The molecule has 5 heteroatoms. The van der Waals surface area contributed by atoms with Gasteiger partial charge in [-0.2, -0.15) is 5.26 Å². The maximum absolute atomic E-state index is 12.0. The molecule has 1 aromatic rings. The normalized spacial score (nSPS) is 13.2. The molecule has 0 saturated heterocycles. The maximum Gasteiger partial charge on any atom is 0.240 e. The molecule has 0 fully saturated rings. The molecule has 4 nitrogen and oxygen atoms in total. The number of nitriles is 1. The Bertz CT molecular complexity index is 542. The van der Waals surface area contributed by atoms with Crippen molar-refractivity contribution in [1.29, 1.82) is 5.26 Å². The van der Waals surface area contributed by atoms with E-state index in [0.29, 0.717) is 6.42 Å². The molecule has 1 rings (SSSR count). The van der Waals surface area contributed by atoms with E-state index in [4.69, 9.17) is 5.26 Å². The highest BCUT2D eigenvalue weighted by atomic mass is 32.2. The van der Waals surface area contributed by atoms with Gasteiger partial charge in [0.25, 0.3) is 0 Å². The zero-order valence-corrected chi connectivity index (χ0v) is 12.4. The molecular weight excluding hydrogens is 260 g/mol. The molecule has 0 amide bonds.